The van der Waals surface area contributed by atoms with Crippen LogP contribution in [-0.4, -0.2) is 40.1 Å². The second kappa shape index (κ2) is 7.06. The van der Waals surface area contributed by atoms with Gasteiger partial charge in [-0.15, -0.1) is 0 Å². The second-order valence-electron chi connectivity index (χ2n) is 6.32. The van der Waals surface area contributed by atoms with Gasteiger partial charge in [0.05, 0.1) is 24.1 Å². The molecule has 0 bridgehead atoms. The number of rotatable bonds is 4. The largest absolute Gasteiger partial charge is 0.388 e. The molecule has 0 amide bonds. The van der Waals surface area contributed by atoms with Crippen LogP contribution in [0.4, 0.5) is 15.8 Å². The van der Waals surface area contributed by atoms with Gasteiger partial charge < -0.3 is 20.1 Å². The van der Waals surface area contributed by atoms with E-state index in [0.29, 0.717) is 17.8 Å². The number of dihydropyridines is 1. The van der Waals surface area contributed by atoms with E-state index in [0.717, 1.165) is 30.3 Å². The van der Waals surface area contributed by atoms with Crippen molar-refractivity contribution in [3.05, 3.63) is 65.8 Å². The molecule has 138 valence electrons. The first-order valence-electron chi connectivity index (χ1n) is 8.67. The highest BCUT2D eigenvalue weighted by Gasteiger charge is 2.20. The number of hydrogen-bond donors (Lipinski definition) is 3. The van der Waals surface area contributed by atoms with Crippen molar-refractivity contribution in [2.75, 3.05) is 24.2 Å². The average molecular weight is 365 g/mol. The maximum atomic E-state index is 14.0. The van der Waals surface area contributed by atoms with Crippen LogP contribution >= 0.6 is 0 Å². The number of aliphatic imine (C=N–C) groups is 1. The Morgan fingerprint density at radius 3 is 3.04 bits per heavy atom. The van der Waals surface area contributed by atoms with Gasteiger partial charge in [-0.3, -0.25) is 5.41 Å². The van der Waals surface area contributed by atoms with E-state index in [4.69, 9.17) is 5.41 Å². The summed E-state index contributed by atoms with van der Waals surface area (Å²) in [7, 11) is 1.78. The summed E-state index contributed by atoms with van der Waals surface area (Å²) in [5.41, 5.74) is 2.65. The van der Waals surface area contributed by atoms with E-state index in [1.165, 1.54) is 6.07 Å². The van der Waals surface area contributed by atoms with Gasteiger partial charge in [0.1, 0.15) is 11.6 Å². The smallest absolute Gasteiger partial charge is 0.153 e. The maximum absolute atomic E-state index is 14.0. The predicted molar refractivity (Wildman–Crippen MR) is 105 cm³/mol. The molecule has 0 radical (unpaired) electrons. The summed E-state index contributed by atoms with van der Waals surface area (Å²) >= 11 is 0. The zero-order chi connectivity index (χ0) is 18.8. The quantitative estimate of drug-likeness (QED) is 0.778. The third kappa shape index (κ3) is 3.46. The normalized spacial score (nSPS) is 17.7. The number of imidazole rings is 1. The van der Waals surface area contributed by atoms with Gasteiger partial charge in [0.25, 0.3) is 0 Å². The molecule has 0 unspecified atom stereocenters. The lowest BCUT2D eigenvalue weighted by Gasteiger charge is -2.31. The minimum Gasteiger partial charge on any atom is -0.388 e. The molecule has 27 heavy (non-hydrogen) atoms. The summed E-state index contributed by atoms with van der Waals surface area (Å²) in [6, 6.07) is 4.74. The molecule has 2 aromatic rings. The Morgan fingerprint density at radius 1 is 1.30 bits per heavy atom. The Hall–Kier alpha value is -3.42. The lowest BCUT2D eigenvalue weighted by Crippen LogP contribution is -2.34. The van der Waals surface area contributed by atoms with Crippen LogP contribution in [0.15, 0.2) is 59.1 Å². The van der Waals surface area contributed by atoms with Gasteiger partial charge in [0.2, 0.25) is 0 Å². The summed E-state index contributed by atoms with van der Waals surface area (Å²) < 4.78 is 16.1. The van der Waals surface area contributed by atoms with E-state index in [2.05, 4.69) is 30.1 Å². The van der Waals surface area contributed by atoms with E-state index in [1.54, 1.807) is 37.8 Å². The number of aromatic nitrogens is 2. The minimum absolute atomic E-state index is 0.134. The number of nitrogens with one attached hydrogen (secondary N) is 3. The van der Waals surface area contributed by atoms with Crippen molar-refractivity contribution in [2.24, 2.45) is 4.99 Å². The SMILES string of the molecule is CNc1ccc(F)c(N/C=C2/C=C(N3CCn4ccnc4C3)C=NC2=N)c1. The standard InChI is InChI=1S/C19H20FN7/c1-22-14-2-3-16(20)17(9-14)24-10-13-8-15(11-25-19(13)21)27-7-6-26-5-4-23-18(26)12-27/h2-5,8-11,21-22,24H,6-7,12H2,1H3/b13-10-,21-19?. The van der Waals surface area contributed by atoms with E-state index < -0.39 is 0 Å². The fraction of sp³-hybridized carbons (Fsp3) is 0.211. The number of allylic oxidation sites excluding steroid dienone is 1. The maximum Gasteiger partial charge on any atom is 0.153 e. The molecule has 2 aliphatic rings. The molecule has 0 aliphatic carbocycles. The van der Waals surface area contributed by atoms with Crippen LogP contribution in [-0.2, 0) is 13.1 Å². The highest BCUT2D eigenvalue weighted by Crippen LogP contribution is 2.22. The number of nitrogens with zero attached hydrogens (tertiary/aromatic N) is 4. The van der Waals surface area contributed by atoms with E-state index in [-0.39, 0.29) is 11.7 Å². The third-order valence-corrected chi connectivity index (χ3v) is 4.65. The van der Waals surface area contributed by atoms with Crippen molar-refractivity contribution in [1.29, 1.82) is 5.41 Å². The van der Waals surface area contributed by atoms with Crippen molar-refractivity contribution in [1.82, 2.24) is 14.5 Å². The Bertz CT molecular complexity index is 970. The zero-order valence-corrected chi connectivity index (χ0v) is 14.9. The van der Waals surface area contributed by atoms with Crippen LogP contribution in [0.2, 0.25) is 0 Å². The van der Waals surface area contributed by atoms with Gasteiger partial charge in [-0.2, -0.15) is 0 Å². The Labute approximate surface area is 156 Å². The fourth-order valence-electron chi connectivity index (χ4n) is 3.09. The molecule has 0 spiro atoms. The van der Waals surface area contributed by atoms with Crippen LogP contribution in [0, 0.1) is 11.2 Å². The van der Waals surface area contributed by atoms with Crippen molar-refractivity contribution < 1.29 is 4.39 Å². The van der Waals surface area contributed by atoms with Crippen molar-refractivity contribution in [3.8, 4) is 0 Å². The highest BCUT2D eigenvalue weighted by atomic mass is 19.1. The first-order valence-corrected chi connectivity index (χ1v) is 8.67. The van der Waals surface area contributed by atoms with Crippen LogP contribution in [0.1, 0.15) is 5.82 Å². The van der Waals surface area contributed by atoms with E-state index >= 15 is 0 Å². The Morgan fingerprint density at radius 2 is 2.19 bits per heavy atom. The van der Waals surface area contributed by atoms with Gasteiger partial charge in [0.15, 0.2) is 5.84 Å². The molecule has 7 nitrogen and oxygen atoms in total. The molecule has 4 rings (SSSR count). The molecule has 1 aromatic carbocycles. The third-order valence-electron chi connectivity index (χ3n) is 4.65. The average Bonchev–Trinajstić information content (AvgIpc) is 3.16. The summed E-state index contributed by atoms with van der Waals surface area (Å²) in [6.45, 7) is 2.39. The Balaban J connectivity index is 1.55. The van der Waals surface area contributed by atoms with Gasteiger partial charge >= 0.3 is 0 Å². The molecule has 3 N–H and O–H groups in total. The lowest BCUT2D eigenvalue weighted by molar-refractivity contribution is 0.286. The molecule has 3 heterocycles. The van der Waals surface area contributed by atoms with Gasteiger partial charge in [0, 0.05) is 50.0 Å². The van der Waals surface area contributed by atoms with Crippen LogP contribution in [0.25, 0.3) is 0 Å². The summed E-state index contributed by atoms with van der Waals surface area (Å²) in [4.78, 5) is 10.7. The number of amidine groups is 1. The summed E-state index contributed by atoms with van der Waals surface area (Å²) in [5, 5.41) is 14.0. The highest BCUT2D eigenvalue weighted by molar-refractivity contribution is 6.08. The monoisotopic (exact) mass is 365 g/mol. The molecule has 8 heteroatoms. The lowest BCUT2D eigenvalue weighted by atomic mass is 10.1. The first-order chi connectivity index (χ1) is 13.1. The molecule has 0 fully saturated rings. The summed E-state index contributed by atoms with van der Waals surface area (Å²) in [6.07, 6.45) is 8.98. The summed E-state index contributed by atoms with van der Waals surface area (Å²) in [5.74, 6) is 0.782. The molecule has 1 aromatic heterocycles. The molecular weight excluding hydrogens is 345 g/mol. The predicted octanol–water partition coefficient (Wildman–Crippen LogP) is 2.82. The number of halogens is 1. The number of fused-ring (bicyclic) bond motifs is 1. The topological polar surface area (TPSA) is 81.3 Å². The van der Waals surface area contributed by atoms with Gasteiger partial charge in [-0.05, 0) is 24.3 Å². The zero-order valence-electron chi connectivity index (χ0n) is 14.9. The van der Waals surface area contributed by atoms with Gasteiger partial charge in [-0.1, -0.05) is 0 Å². The fourth-order valence-corrected chi connectivity index (χ4v) is 3.09. The van der Waals surface area contributed by atoms with Gasteiger partial charge in [-0.25, -0.2) is 14.4 Å². The molecule has 0 atom stereocenters. The number of anilines is 2. The van der Waals surface area contributed by atoms with Crippen molar-refractivity contribution in [2.45, 2.75) is 13.1 Å². The number of benzene rings is 1. The van der Waals surface area contributed by atoms with Crippen molar-refractivity contribution >= 4 is 23.4 Å². The van der Waals surface area contributed by atoms with Crippen molar-refractivity contribution in [3.63, 3.8) is 0 Å². The van der Waals surface area contributed by atoms with Crippen LogP contribution in [0.3, 0.4) is 0 Å². The first kappa shape index (κ1) is 17.0. The molecule has 0 saturated heterocycles. The Kier molecular flexibility index (Phi) is 4.45. The van der Waals surface area contributed by atoms with Crippen LogP contribution < -0.4 is 10.6 Å². The number of hydrogen-bond acceptors (Lipinski definition) is 5. The van der Waals surface area contributed by atoms with E-state index in [1.807, 2.05) is 12.3 Å². The molecular formula is C19H20FN7. The van der Waals surface area contributed by atoms with E-state index in [9.17, 15) is 4.39 Å². The molecule has 0 saturated carbocycles. The second-order valence-corrected chi connectivity index (χ2v) is 6.32. The van der Waals surface area contributed by atoms with Crippen LogP contribution in [0.5, 0.6) is 0 Å². The molecule has 2 aliphatic heterocycles. The minimum atomic E-state index is -0.358.